The molecule has 0 aliphatic rings. The molecule has 0 saturated carbocycles. The van der Waals surface area contributed by atoms with Crippen LogP contribution in [0.5, 0.6) is 11.5 Å². The number of benzene rings is 2. The number of aliphatic hydroxyl groups is 1. The molecule has 3 heteroatoms. The molecule has 2 rings (SSSR count). The topological polar surface area (TPSA) is 38.7 Å². The van der Waals surface area contributed by atoms with Gasteiger partial charge in [0.1, 0.15) is 17.6 Å². The first kappa shape index (κ1) is 16.9. The molecule has 1 unspecified atom stereocenters. The third-order valence-electron chi connectivity index (χ3n) is 3.64. The molecule has 2 aromatic carbocycles. The number of aliphatic hydroxyl groups excluding tert-OH is 1. The lowest BCUT2D eigenvalue weighted by molar-refractivity contribution is 0.239. The molecule has 0 aliphatic carbocycles. The highest BCUT2D eigenvalue weighted by molar-refractivity contribution is 5.70. The van der Waals surface area contributed by atoms with Gasteiger partial charge in [0.05, 0.1) is 13.7 Å². The lowest BCUT2D eigenvalue weighted by Gasteiger charge is -2.14. The van der Waals surface area contributed by atoms with Crippen molar-refractivity contribution in [2.24, 2.45) is 0 Å². The lowest BCUT2D eigenvalue weighted by Crippen LogP contribution is -1.99. The van der Waals surface area contributed by atoms with Gasteiger partial charge in [-0.2, -0.15) is 0 Å². The summed E-state index contributed by atoms with van der Waals surface area (Å²) in [5.41, 5.74) is 2.50. The fourth-order valence-corrected chi connectivity index (χ4v) is 2.31. The number of methoxy groups -OCH3 is 1. The molecule has 0 heterocycles. The van der Waals surface area contributed by atoms with Gasteiger partial charge in [-0.15, -0.1) is 6.42 Å². The first-order valence-electron chi connectivity index (χ1n) is 7.75. The Morgan fingerprint density at radius 2 is 1.83 bits per heavy atom. The van der Waals surface area contributed by atoms with Crippen molar-refractivity contribution >= 4 is 0 Å². The van der Waals surface area contributed by atoms with Crippen LogP contribution in [0.1, 0.15) is 31.4 Å². The maximum absolute atomic E-state index is 10.0. The maximum Gasteiger partial charge on any atom is 0.140 e. The van der Waals surface area contributed by atoms with Crippen LogP contribution in [0, 0.1) is 12.3 Å². The highest BCUT2D eigenvalue weighted by Gasteiger charge is 2.13. The minimum Gasteiger partial charge on any atom is -0.497 e. The van der Waals surface area contributed by atoms with Crippen molar-refractivity contribution in [2.45, 2.75) is 25.9 Å². The zero-order chi connectivity index (χ0) is 16.7. The minimum atomic E-state index is -0.948. The molecule has 0 fully saturated rings. The van der Waals surface area contributed by atoms with Crippen molar-refractivity contribution in [2.75, 3.05) is 13.7 Å². The van der Waals surface area contributed by atoms with E-state index in [-0.39, 0.29) is 0 Å². The van der Waals surface area contributed by atoms with Gasteiger partial charge in [-0.3, -0.25) is 0 Å². The number of ether oxygens (including phenoxy) is 2. The van der Waals surface area contributed by atoms with Gasteiger partial charge in [0, 0.05) is 5.56 Å². The number of hydrogen-bond donors (Lipinski definition) is 1. The summed E-state index contributed by atoms with van der Waals surface area (Å²) in [6, 6.07) is 13.2. The SMILES string of the molecule is C#CC(O)c1ccc(OC)cc1-c1ccc(OCCCC)cc1. The normalized spacial score (nSPS) is 11.6. The summed E-state index contributed by atoms with van der Waals surface area (Å²) in [7, 11) is 1.61. The molecular weight excluding hydrogens is 288 g/mol. The molecular formula is C20H22O3. The van der Waals surface area contributed by atoms with Crippen LogP contribution in [-0.2, 0) is 0 Å². The van der Waals surface area contributed by atoms with Gasteiger partial charge < -0.3 is 14.6 Å². The average molecular weight is 310 g/mol. The van der Waals surface area contributed by atoms with E-state index in [1.807, 2.05) is 30.3 Å². The lowest BCUT2D eigenvalue weighted by atomic mass is 9.96. The predicted molar refractivity (Wildman–Crippen MR) is 92.6 cm³/mol. The van der Waals surface area contributed by atoms with Crippen LogP contribution in [0.25, 0.3) is 11.1 Å². The van der Waals surface area contributed by atoms with Crippen molar-refractivity contribution in [1.82, 2.24) is 0 Å². The van der Waals surface area contributed by atoms with Crippen LogP contribution >= 0.6 is 0 Å². The zero-order valence-electron chi connectivity index (χ0n) is 13.6. The fraction of sp³-hybridized carbons (Fsp3) is 0.300. The summed E-state index contributed by atoms with van der Waals surface area (Å²) in [4.78, 5) is 0. The molecule has 2 aromatic rings. The standard InChI is InChI=1S/C20H22O3/c1-4-6-13-23-16-9-7-15(8-10-16)19-14-17(22-3)11-12-18(19)20(21)5-2/h2,7-12,14,20-21H,4,6,13H2,1,3H3. The van der Waals surface area contributed by atoms with E-state index in [4.69, 9.17) is 15.9 Å². The molecule has 0 aliphatic heterocycles. The van der Waals surface area contributed by atoms with E-state index in [0.29, 0.717) is 5.56 Å². The van der Waals surface area contributed by atoms with E-state index < -0.39 is 6.10 Å². The minimum absolute atomic E-state index is 0.688. The van der Waals surface area contributed by atoms with Gasteiger partial charge in [-0.25, -0.2) is 0 Å². The van der Waals surface area contributed by atoms with Crippen LogP contribution in [0.3, 0.4) is 0 Å². The molecule has 1 atom stereocenters. The van der Waals surface area contributed by atoms with E-state index in [9.17, 15) is 5.11 Å². The number of unbranched alkanes of at least 4 members (excludes halogenated alkanes) is 1. The van der Waals surface area contributed by atoms with Gasteiger partial charge in [0.15, 0.2) is 0 Å². The summed E-state index contributed by atoms with van der Waals surface area (Å²) >= 11 is 0. The second kappa shape index (κ2) is 8.26. The summed E-state index contributed by atoms with van der Waals surface area (Å²) in [6.07, 6.45) is 6.56. The molecule has 23 heavy (non-hydrogen) atoms. The summed E-state index contributed by atoms with van der Waals surface area (Å²) in [5.74, 6) is 3.92. The number of terminal acetylenes is 1. The first-order chi connectivity index (χ1) is 11.2. The van der Waals surface area contributed by atoms with Gasteiger partial charge >= 0.3 is 0 Å². The van der Waals surface area contributed by atoms with E-state index >= 15 is 0 Å². The third kappa shape index (κ3) is 4.28. The van der Waals surface area contributed by atoms with Gasteiger partial charge in [-0.05, 0) is 41.8 Å². The Morgan fingerprint density at radius 1 is 1.13 bits per heavy atom. The summed E-state index contributed by atoms with van der Waals surface area (Å²) < 4.78 is 11.0. The smallest absolute Gasteiger partial charge is 0.140 e. The average Bonchev–Trinajstić information content (AvgIpc) is 2.61. The molecule has 0 saturated heterocycles. The number of hydrogen-bond acceptors (Lipinski definition) is 3. The molecule has 3 nitrogen and oxygen atoms in total. The Kier molecular flexibility index (Phi) is 6.08. The number of rotatable bonds is 7. The van der Waals surface area contributed by atoms with Crippen LogP contribution in [0.2, 0.25) is 0 Å². The Bertz CT molecular complexity index is 668. The van der Waals surface area contributed by atoms with Gasteiger partial charge in [-0.1, -0.05) is 37.5 Å². The first-order valence-corrected chi connectivity index (χ1v) is 7.75. The molecule has 0 bridgehead atoms. The van der Waals surface area contributed by atoms with Gasteiger partial charge in [0.2, 0.25) is 0 Å². The van der Waals surface area contributed by atoms with Gasteiger partial charge in [0.25, 0.3) is 0 Å². The maximum atomic E-state index is 10.0. The third-order valence-corrected chi connectivity index (χ3v) is 3.64. The second-order valence-electron chi connectivity index (χ2n) is 5.25. The van der Waals surface area contributed by atoms with Crippen LogP contribution < -0.4 is 9.47 Å². The largest absolute Gasteiger partial charge is 0.497 e. The Morgan fingerprint density at radius 3 is 2.43 bits per heavy atom. The van der Waals surface area contributed by atoms with Crippen LogP contribution in [0.4, 0.5) is 0 Å². The molecule has 1 N–H and O–H groups in total. The zero-order valence-corrected chi connectivity index (χ0v) is 13.6. The molecule has 0 spiro atoms. The Labute approximate surface area is 137 Å². The highest BCUT2D eigenvalue weighted by Crippen LogP contribution is 2.32. The fourth-order valence-electron chi connectivity index (χ4n) is 2.31. The molecule has 0 aromatic heterocycles. The quantitative estimate of drug-likeness (QED) is 0.615. The van der Waals surface area contributed by atoms with Crippen molar-refractivity contribution in [3.05, 3.63) is 48.0 Å². The molecule has 0 amide bonds. The van der Waals surface area contributed by atoms with Crippen molar-refractivity contribution in [3.8, 4) is 35.0 Å². The molecule has 0 radical (unpaired) electrons. The van der Waals surface area contributed by atoms with E-state index in [0.717, 1.165) is 42.1 Å². The monoisotopic (exact) mass is 310 g/mol. The predicted octanol–water partition coefficient (Wildman–Crippen LogP) is 4.21. The second-order valence-corrected chi connectivity index (χ2v) is 5.25. The Balaban J connectivity index is 2.31. The van der Waals surface area contributed by atoms with Crippen molar-refractivity contribution < 1.29 is 14.6 Å². The summed E-state index contributed by atoms with van der Waals surface area (Å²) in [6.45, 7) is 2.85. The highest BCUT2D eigenvalue weighted by atomic mass is 16.5. The van der Waals surface area contributed by atoms with Crippen LogP contribution in [0.15, 0.2) is 42.5 Å². The van der Waals surface area contributed by atoms with Crippen molar-refractivity contribution in [1.29, 1.82) is 0 Å². The van der Waals surface area contributed by atoms with E-state index in [1.165, 1.54) is 0 Å². The van der Waals surface area contributed by atoms with E-state index in [1.54, 1.807) is 19.2 Å². The van der Waals surface area contributed by atoms with Crippen molar-refractivity contribution in [3.63, 3.8) is 0 Å². The molecule has 120 valence electrons. The summed E-state index contributed by atoms with van der Waals surface area (Å²) in [5, 5.41) is 10.0. The van der Waals surface area contributed by atoms with E-state index in [2.05, 4.69) is 12.8 Å². The Hall–Kier alpha value is -2.44. The van der Waals surface area contributed by atoms with Crippen LogP contribution in [-0.4, -0.2) is 18.8 Å².